The van der Waals surface area contributed by atoms with Crippen molar-refractivity contribution in [1.29, 1.82) is 0 Å². The predicted molar refractivity (Wildman–Crippen MR) is 62.4 cm³/mol. The van der Waals surface area contributed by atoms with Gasteiger partial charge in [-0.25, -0.2) is 4.98 Å². The predicted octanol–water partition coefficient (Wildman–Crippen LogP) is 1.98. The number of halogens is 1. The summed E-state index contributed by atoms with van der Waals surface area (Å²) in [6.45, 7) is 2.35. The standard InChI is InChI=1S/C11H14ClN3O/c1-8(16)9-4-3-5-15(9)7-11-13-6-10(12)14(11)2/h3-6,8,16H,7H2,1-2H3. The Balaban J connectivity index is 2.27. The molecule has 2 rings (SSSR count). The molecule has 0 amide bonds. The van der Waals surface area contributed by atoms with Gasteiger partial charge in [-0.15, -0.1) is 0 Å². The minimum Gasteiger partial charge on any atom is -0.387 e. The molecule has 0 fully saturated rings. The summed E-state index contributed by atoms with van der Waals surface area (Å²) in [5.74, 6) is 0.864. The number of rotatable bonds is 3. The van der Waals surface area contributed by atoms with E-state index >= 15 is 0 Å². The fourth-order valence-corrected chi connectivity index (χ4v) is 1.82. The van der Waals surface area contributed by atoms with Crippen molar-refractivity contribution in [2.45, 2.75) is 19.6 Å². The molecule has 2 heterocycles. The zero-order chi connectivity index (χ0) is 11.7. The molecule has 0 aromatic carbocycles. The van der Waals surface area contributed by atoms with Gasteiger partial charge in [0.05, 0.1) is 18.8 Å². The van der Waals surface area contributed by atoms with E-state index < -0.39 is 6.10 Å². The van der Waals surface area contributed by atoms with Crippen LogP contribution in [0.3, 0.4) is 0 Å². The normalized spacial score (nSPS) is 13.0. The van der Waals surface area contributed by atoms with Crippen LogP contribution in [0.5, 0.6) is 0 Å². The van der Waals surface area contributed by atoms with Crippen LogP contribution < -0.4 is 0 Å². The molecule has 0 aliphatic carbocycles. The fraction of sp³-hybridized carbons (Fsp3) is 0.364. The Labute approximate surface area is 99.1 Å². The Morgan fingerprint density at radius 3 is 2.88 bits per heavy atom. The van der Waals surface area contributed by atoms with E-state index in [-0.39, 0.29) is 0 Å². The Bertz CT molecular complexity index is 487. The van der Waals surface area contributed by atoms with Crippen LogP contribution in [-0.2, 0) is 13.6 Å². The maximum Gasteiger partial charge on any atom is 0.129 e. The number of imidazole rings is 1. The molecule has 0 bridgehead atoms. The van der Waals surface area contributed by atoms with E-state index in [1.807, 2.05) is 34.5 Å². The zero-order valence-electron chi connectivity index (χ0n) is 9.26. The van der Waals surface area contributed by atoms with Crippen LogP contribution in [0.1, 0.15) is 24.5 Å². The molecule has 0 saturated heterocycles. The topological polar surface area (TPSA) is 43.0 Å². The minimum absolute atomic E-state index is 0.481. The molecular weight excluding hydrogens is 226 g/mol. The lowest BCUT2D eigenvalue weighted by Gasteiger charge is -2.11. The van der Waals surface area contributed by atoms with E-state index in [0.717, 1.165) is 11.5 Å². The fourth-order valence-electron chi connectivity index (χ4n) is 1.67. The van der Waals surface area contributed by atoms with Crippen molar-refractivity contribution in [2.75, 3.05) is 0 Å². The first kappa shape index (κ1) is 11.2. The van der Waals surface area contributed by atoms with E-state index in [1.165, 1.54) is 0 Å². The summed E-state index contributed by atoms with van der Waals surface area (Å²) >= 11 is 5.91. The first-order valence-electron chi connectivity index (χ1n) is 5.09. The molecule has 1 N–H and O–H groups in total. The van der Waals surface area contributed by atoms with Crippen LogP contribution in [0.15, 0.2) is 24.5 Å². The summed E-state index contributed by atoms with van der Waals surface area (Å²) in [4.78, 5) is 4.22. The van der Waals surface area contributed by atoms with Gasteiger partial charge in [0.1, 0.15) is 11.0 Å². The van der Waals surface area contributed by atoms with Gasteiger partial charge in [-0.05, 0) is 19.1 Å². The van der Waals surface area contributed by atoms with Gasteiger partial charge in [-0.1, -0.05) is 11.6 Å². The highest BCUT2D eigenvalue weighted by molar-refractivity contribution is 6.29. The molecule has 1 unspecified atom stereocenters. The van der Waals surface area contributed by atoms with E-state index in [1.54, 1.807) is 13.1 Å². The van der Waals surface area contributed by atoms with Gasteiger partial charge >= 0.3 is 0 Å². The van der Waals surface area contributed by atoms with Gasteiger partial charge < -0.3 is 14.2 Å². The lowest BCUT2D eigenvalue weighted by atomic mass is 10.3. The van der Waals surface area contributed by atoms with E-state index in [0.29, 0.717) is 11.7 Å². The lowest BCUT2D eigenvalue weighted by Crippen LogP contribution is -2.09. The Hall–Kier alpha value is -1.26. The molecular formula is C11H14ClN3O. The number of hydrogen-bond donors (Lipinski definition) is 1. The number of hydrogen-bond acceptors (Lipinski definition) is 2. The monoisotopic (exact) mass is 239 g/mol. The summed E-state index contributed by atoms with van der Waals surface area (Å²) in [5, 5.41) is 10.2. The quantitative estimate of drug-likeness (QED) is 0.890. The van der Waals surface area contributed by atoms with Crippen LogP contribution in [0.25, 0.3) is 0 Å². The van der Waals surface area contributed by atoms with E-state index in [2.05, 4.69) is 4.98 Å². The van der Waals surface area contributed by atoms with Crippen molar-refractivity contribution >= 4 is 11.6 Å². The summed E-state index contributed by atoms with van der Waals surface area (Å²) in [5.41, 5.74) is 0.874. The number of aliphatic hydroxyl groups excluding tert-OH is 1. The number of aliphatic hydroxyl groups is 1. The third-order valence-corrected chi connectivity index (χ3v) is 2.98. The van der Waals surface area contributed by atoms with E-state index in [4.69, 9.17) is 11.6 Å². The Morgan fingerprint density at radius 1 is 1.56 bits per heavy atom. The van der Waals surface area contributed by atoms with Gasteiger partial charge in [0.2, 0.25) is 0 Å². The lowest BCUT2D eigenvalue weighted by molar-refractivity contribution is 0.189. The van der Waals surface area contributed by atoms with Crippen molar-refractivity contribution in [1.82, 2.24) is 14.1 Å². The molecule has 4 nitrogen and oxygen atoms in total. The van der Waals surface area contributed by atoms with Crippen molar-refractivity contribution < 1.29 is 5.11 Å². The van der Waals surface area contributed by atoms with Crippen molar-refractivity contribution in [3.8, 4) is 0 Å². The average Bonchev–Trinajstić information content (AvgIpc) is 2.80. The second kappa shape index (κ2) is 4.31. The van der Waals surface area contributed by atoms with Crippen LogP contribution in [0, 0.1) is 0 Å². The Kier molecular flexibility index (Phi) is 3.03. The molecule has 1 atom stereocenters. The van der Waals surface area contributed by atoms with Crippen molar-refractivity contribution in [3.05, 3.63) is 41.2 Å². The third-order valence-electron chi connectivity index (χ3n) is 2.63. The average molecular weight is 240 g/mol. The SMILES string of the molecule is CC(O)c1cccn1Cc1ncc(Cl)n1C. The van der Waals surface area contributed by atoms with Crippen LogP contribution in [-0.4, -0.2) is 19.2 Å². The molecule has 0 aliphatic heterocycles. The highest BCUT2D eigenvalue weighted by Crippen LogP contribution is 2.16. The van der Waals surface area contributed by atoms with Crippen LogP contribution >= 0.6 is 11.6 Å². The first-order chi connectivity index (χ1) is 7.59. The number of nitrogens with zero attached hydrogens (tertiary/aromatic N) is 3. The maximum absolute atomic E-state index is 9.57. The van der Waals surface area contributed by atoms with Gasteiger partial charge in [0.25, 0.3) is 0 Å². The molecule has 0 aliphatic rings. The molecule has 16 heavy (non-hydrogen) atoms. The van der Waals surface area contributed by atoms with Gasteiger partial charge in [-0.2, -0.15) is 0 Å². The maximum atomic E-state index is 9.57. The summed E-state index contributed by atoms with van der Waals surface area (Å²) in [7, 11) is 1.87. The summed E-state index contributed by atoms with van der Waals surface area (Å²) in [6.07, 6.45) is 3.07. The smallest absolute Gasteiger partial charge is 0.129 e. The molecule has 0 radical (unpaired) electrons. The molecule has 2 aromatic heterocycles. The molecule has 86 valence electrons. The van der Waals surface area contributed by atoms with Gasteiger partial charge in [0, 0.05) is 18.9 Å². The van der Waals surface area contributed by atoms with Crippen LogP contribution in [0.2, 0.25) is 5.15 Å². The van der Waals surface area contributed by atoms with E-state index in [9.17, 15) is 5.11 Å². The number of aromatic nitrogens is 3. The third kappa shape index (κ3) is 1.99. The summed E-state index contributed by atoms with van der Waals surface area (Å²) in [6, 6.07) is 3.81. The highest BCUT2D eigenvalue weighted by atomic mass is 35.5. The van der Waals surface area contributed by atoms with Crippen molar-refractivity contribution in [3.63, 3.8) is 0 Å². The Morgan fingerprint density at radius 2 is 2.31 bits per heavy atom. The zero-order valence-corrected chi connectivity index (χ0v) is 10.0. The summed E-state index contributed by atoms with van der Waals surface area (Å²) < 4.78 is 3.79. The van der Waals surface area contributed by atoms with Gasteiger partial charge in [0.15, 0.2) is 0 Å². The minimum atomic E-state index is -0.481. The molecule has 0 saturated carbocycles. The highest BCUT2D eigenvalue weighted by Gasteiger charge is 2.10. The molecule has 2 aromatic rings. The van der Waals surface area contributed by atoms with Crippen LogP contribution in [0.4, 0.5) is 0 Å². The van der Waals surface area contributed by atoms with Gasteiger partial charge in [-0.3, -0.25) is 0 Å². The second-order valence-corrected chi connectivity index (χ2v) is 4.18. The molecule has 5 heteroatoms. The largest absolute Gasteiger partial charge is 0.387 e. The first-order valence-corrected chi connectivity index (χ1v) is 5.46. The second-order valence-electron chi connectivity index (χ2n) is 3.79. The van der Waals surface area contributed by atoms with Crippen molar-refractivity contribution in [2.24, 2.45) is 7.05 Å². The molecule has 0 spiro atoms.